The number of nitrogens with two attached hydrogens (primary N) is 2. The summed E-state index contributed by atoms with van der Waals surface area (Å²) < 4.78 is 0. The van der Waals surface area contributed by atoms with E-state index in [2.05, 4.69) is 15.6 Å². The molecule has 0 radical (unpaired) electrons. The topological polar surface area (TPSA) is 180 Å². The third-order valence-corrected chi connectivity index (χ3v) is 4.22. The van der Waals surface area contributed by atoms with Gasteiger partial charge in [-0.2, -0.15) is 0 Å². The molecular weight excluding hydrogens is 366 g/mol. The van der Waals surface area contributed by atoms with Gasteiger partial charge in [-0.1, -0.05) is 18.2 Å². The molecule has 0 saturated carbocycles. The van der Waals surface area contributed by atoms with E-state index in [0.717, 1.165) is 16.5 Å². The van der Waals surface area contributed by atoms with Gasteiger partial charge in [0.2, 0.25) is 17.7 Å². The number of para-hydroxylation sites is 1. The molecule has 1 heterocycles. The Kier molecular flexibility index (Phi) is 6.72. The van der Waals surface area contributed by atoms with Gasteiger partial charge in [-0.05, 0) is 18.6 Å². The van der Waals surface area contributed by atoms with Gasteiger partial charge in [-0.15, -0.1) is 0 Å². The van der Waals surface area contributed by atoms with Crippen LogP contribution in [0.1, 0.15) is 18.9 Å². The number of hydrogen-bond acceptors (Lipinski definition) is 5. The summed E-state index contributed by atoms with van der Waals surface area (Å²) in [5.74, 6) is -3.38. The maximum absolute atomic E-state index is 12.6. The number of aromatic nitrogens is 1. The number of rotatable bonds is 9. The second-order valence-electron chi connectivity index (χ2n) is 6.47. The molecule has 0 fully saturated rings. The van der Waals surface area contributed by atoms with Crippen molar-refractivity contribution in [3.63, 3.8) is 0 Å². The summed E-state index contributed by atoms with van der Waals surface area (Å²) in [6, 6.07) is 3.96. The fourth-order valence-electron chi connectivity index (χ4n) is 2.69. The molecular formula is C18H23N5O5. The highest BCUT2D eigenvalue weighted by molar-refractivity contribution is 5.94. The van der Waals surface area contributed by atoms with Crippen molar-refractivity contribution in [3.8, 4) is 0 Å². The molecule has 28 heavy (non-hydrogen) atoms. The van der Waals surface area contributed by atoms with E-state index in [9.17, 15) is 19.2 Å². The van der Waals surface area contributed by atoms with Crippen molar-refractivity contribution < 1.29 is 24.3 Å². The summed E-state index contributed by atoms with van der Waals surface area (Å²) in [6.45, 7) is 1.31. The Bertz CT molecular complexity index is 893. The SMILES string of the molecule is CC(NC(=O)C(Cc1c[nH]c2ccccc12)NC(=O)C(N)CC(N)=O)C(=O)O. The van der Waals surface area contributed by atoms with Crippen LogP contribution in [0.25, 0.3) is 10.9 Å². The number of nitrogens with one attached hydrogen (secondary N) is 3. The highest BCUT2D eigenvalue weighted by Crippen LogP contribution is 2.19. The predicted octanol–water partition coefficient (Wildman–Crippen LogP) is -1.01. The van der Waals surface area contributed by atoms with Crippen molar-refractivity contribution in [2.75, 3.05) is 0 Å². The fourth-order valence-corrected chi connectivity index (χ4v) is 2.69. The number of aromatic amines is 1. The minimum atomic E-state index is -1.22. The molecule has 3 atom stereocenters. The van der Waals surface area contributed by atoms with E-state index in [-0.39, 0.29) is 12.8 Å². The maximum atomic E-state index is 12.6. The number of carbonyl (C=O) groups is 4. The van der Waals surface area contributed by atoms with Crippen LogP contribution < -0.4 is 22.1 Å². The van der Waals surface area contributed by atoms with Gasteiger partial charge in [0, 0.05) is 23.5 Å². The van der Waals surface area contributed by atoms with Crippen molar-refractivity contribution in [1.29, 1.82) is 0 Å². The highest BCUT2D eigenvalue weighted by atomic mass is 16.4. The first-order chi connectivity index (χ1) is 13.2. The van der Waals surface area contributed by atoms with Crippen LogP contribution in [0.3, 0.4) is 0 Å². The van der Waals surface area contributed by atoms with E-state index in [4.69, 9.17) is 16.6 Å². The molecule has 10 nitrogen and oxygen atoms in total. The van der Waals surface area contributed by atoms with E-state index < -0.39 is 41.8 Å². The monoisotopic (exact) mass is 389 g/mol. The molecule has 0 spiro atoms. The zero-order valence-corrected chi connectivity index (χ0v) is 15.3. The molecule has 0 aliphatic carbocycles. The van der Waals surface area contributed by atoms with Gasteiger partial charge in [-0.25, -0.2) is 0 Å². The largest absolute Gasteiger partial charge is 0.480 e. The molecule has 10 heteroatoms. The van der Waals surface area contributed by atoms with Crippen molar-refractivity contribution in [2.45, 2.75) is 37.9 Å². The summed E-state index contributed by atoms with van der Waals surface area (Å²) in [7, 11) is 0. The van der Waals surface area contributed by atoms with Gasteiger partial charge in [-0.3, -0.25) is 19.2 Å². The Morgan fingerprint density at radius 1 is 1.14 bits per heavy atom. The molecule has 0 bridgehead atoms. The van der Waals surface area contributed by atoms with Crippen molar-refractivity contribution in [2.24, 2.45) is 11.5 Å². The number of benzene rings is 1. The Balaban J connectivity index is 2.22. The average Bonchev–Trinajstić information content (AvgIpc) is 3.03. The highest BCUT2D eigenvalue weighted by Gasteiger charge is 2.27. The minimum absolute atomic E-state index is 0.0945. The van der Waals surface area contributed by atoms with Gasteiger partial charge in [0.25, 0.3) is 0 Å². The van der Waals surface area contributed by atoms with Gasteiger partial charge in [0.05, 0.1) is 12.5 Å². The van der Waals surface area contributed by atoms with Crippen LogP contribution in [-0.2, 0) is 25.6 Å². The first-order valence-electron chi connectivity index (χ1n) is 8.61. The van der Waals surface area contributed by atoms with Crippen LogP contribution in [0.4, 0.5) is 0 Å². The van der Waals surface area contributed by atoms with E-state index in [1.54, 1.807) is 6.20 Å². The number of amides is 3. The molecule has 1 aromatic heterocycles. The molecule has 3 amide bonds. The van der Waals surface area contributed by atoms with Crippen LogP contribution in [0, 0.1) is 0 Å². The smallest absolute Gasteiger partial charge is 0.325 e. The molecule has 1 aromatic carbocycles. The summed E-state index contributed by atoms with van der Waals surface area (Å²) in [5, 5.41) is 14.7. The summed E-state index contributed by atoms with van der Waals surface area (Å²) in [6.07, 6.45) is 1.43. The zero-order chi connectivity index (χ0) is 20.8. The van der Waals surface area contributed by atoms with Crippen molar-refractivity contribution in [3.05, 3.63) is 36.0 Å². The summed E-state index contributed by atoms with van der Waals surface area (Å²) in [5.41, 5.74) is 12.3. The number of aliphatic carboxylic acids is 1. The standard InChI is InChI=1S/C18H23N5O5/c1-9(18(27)28)22-17(26)14(23-16(25)12(19)7-15(20)24)6-10-8-21-13-5-3-2-4-11(10)13/h2-5,8-9,12,14,21H,6-7,19H2,1H3,(H2,20,24)(H,22,26)(H,23,25)(H,27,28). The number of hydrogen-bond donors (Lipinski definition) is 6. The maximum Gasteiger partial charge on any atom is 0.325 e. The van der Waals surface area contributed by atoms with E-state index in [0.29, 0.717) is 0 Å². The number of fused-ring (bicyclic) bond motifs is 1. The van der Waals surface area contributed by atoms with Gasteiger partial charge in [0.1, 0.15) is 12.1 Å². The molecule has 0 saturated heterocycles. The third kappa shape index (κ3) is 5.30. The van der Waals surface area contributed by atoms with E-state index >= 15 is 0 Å². The molecule has 8 N–H and O–H groups in total. The predicted molar refractivity (Wildman–Crippen MR) is 101 cm³/mol. The number of H-pyrrole nitrogens is 1. The number of carbonyl (C=O) groups excluding carboxylic acids is 3. The number of primary amides is 1. The van der Waals surface area contributed by atoms with Crippen LogP contribution >= 0.6 is 0 Å². The second-order valence-corrected chi connectivity index (χ2v) is 6.47. The Morgan fingerprint density at radius 2 is 1.82 bits per heavy atom. The van der Waals surface area contributed by atoms with Crippen LogP contribution in [-0.4, -0.2) is 51.9 Å². The second kappa shape index (κ2) is 9.00. The quantitative estimate of drug-likeness (QED) is 0.319. The van der Waals surface area contributed by atoms with Crippen LogP contribution in [0.2, 0.25) is 0 Å². The van der Waals surface area contributed by atoms with Crippen LogP contribution in [0.15, 0.2) is 30.5 Å². The van der Waals surface area contributed by atoms with Crippen molar-refractivity contribution in [1.82, 2.24) is 15.6 Å². The molecule has 2 rings (SSSR count). The Labute approximate surface area is 160 Å². The molecule has 2 aromatic rings. The lowest BCUT2D eigenvalue weighted by Gasteiger charge is -2.21. The normalized spacial score (nSPS) is 14.1. The van der Waals surface area contributed by atoms with E-state index in [1.165, 1.54) is 6.92 Å². The number of carboxylic acids is 1. The average molecular weight is 389 g/mol. The first kappa shape index (κ1) is 20.9. The number of carboxylic acid groups (broad SMARTS) is 1. The molecule has 0 aliphatic rings. The van der Waals surface area contributed by atoms with Gasteiger partial charge < -0.3 is 32.2 Å². The zero-order valence-electron chi connectivity index (χ0n) is 15.3. The third-order valence-electron chi connectivity index (χ3n) is 4.22. The Morgan fingerprint density at radius 3 is 2.46 bits per heavy atom. The van der Waals surface area contributed by atoms with Gasteiger partial charge in [0.15, 0.2) is 0 Å². The van der Waals surface area contributed by atoms with Gasteiger partial charge >= 0.3 is 5.97 Å². The molecule has 150 valence electrons. The minimum Gasteiger partial charge on any atom is -0.480 e. The lowest BCUT2D eigenvalue weighted by molar-refractivity contribution is -0.141. The van der Waals surface area contributed by atoms with E-state index in [1.807, 2.05) is 24.3 Å². The van der Waals surface area contributed by atoms with Crippen LogP contribution in [0.5, 0.6) is 0 Å². The Hall–Kier alpha value is -3.40. The lowest BCUT2D eigenvalue weighted by Crippen LogP contribution is -2.55. The molecule has 0 aliphatic heterocycles. The first-order valence-corrected chi connectivity index (χ1v) is 8.61. The summed E-state index contributed by atoms with van der Waals surface area (Å²) >= 11 is 0. The summed E-state index contributed by atoms with van der Waals surface area (Å²) in [4.78, 5) is 49.9. The molecule has 3 unspecified atom stereocenters. The van der Waals surface area contributed by atoms with Crippen molar-refractivity contribution >= 4 is 34.6 Å². The lowest BCUT2D eigenvalue weighted by atomic mass is 10.0. The fraction of sp³-hybridized carbons (Fsp3) is 0.333.